The van der Waals surface area contributed by atoms with Crippen LogP contribution in [0.4, 0.5) is 0 Å². The van der Waals surface area contributed by atoms with Gasteiger partial charge in [-0.1, -0.05) is 13.3 Å². The molecule has 1 atom stereocenters. The summed E-state index contributed by atoms with van der Waals surface area (Å²) in [4.78, 5) is 20.8. The number of esters is 1. The molecular formula is C8H14O4S. The Labute approximate surface area is 81.6 Å². The molecule has 0 amide bonds. The minimum Gasteiger partial charge on any atom is -0.481 e. The molecule has 0 aromatic rings. The Morgan fingerprint density at radius 3 is 2.54 bits per heavy atom. The fraction of sp³-hybridized carbons (Fsp3) is 0.750. The van der Waals surface area contributed by atoms with Gasteiger partial charge in [-0.3, -0.25) is 9.59 Å². The summed E-state index contributed by atoms with van der Waals surface area (Å²) in [6.07, 6.45) is 1.56. The van der Waals surface area contributed by atoms with E-state index >= 15 is 0 Å². The Morgan fingerprint density at radius 2 is 2.15 bits per heavy atom. The lowest BCUT2D eigenvalue weighted by Crippen LogP contribution is -2.14. The van der Waals surface area contributed by atoms with E-state index in [1.807, 2.05) is 6.92 Å². The molecule has 0 saturated carbocycles. The Hall–Kier alpha value is -0.710. The Balaban J connectivity index is 3.79. The molecule has 1 N–H and O–H groups in total. The minimum atomic E-state index is -0.891. The van der Waals surface area contributed by atoms with Gasteiger partial charge in [-0.05, 0) is 6.42 Å². The van der Waals surface area contributed by atoms with Crippen LogP contribution in [0.5, 0.6) is 0 Å². The van der Waals surface area contributed by atoms with Crippen LogP contribution in [0.25, 0.3) is 0 Å². The predicted octanol–water partition coefficient (Wildman–Crippen LogP) is 1.49. The van der Waals surface area contributed by atoms with Gasteiger partial charge in [0.05, 0.1) is 5.75 Å². The third-order valence-electron chi connectivity index (χ3n) is 1.21. The van der Waals surface area contributed by atoms with Crippen molar-refractivity contribution in [2.24, 2.45) is 0 Å². The minimum absolute atomic E-state index is 0.0298. The molecular weight excluding hydrogens is 192 g/mol. The number of carbonyl (C=O) groups is 2. The van der Waals surface area contributed by atoms with Crippen LogP contribution in [0.3, 0.4) is 0 Å². The molecule has 0 aliphatic rings. The highest BCUT2D eigenvalue weighted by atomic mass is 32.2. The second-order valence-corrected chi connectivity index (χ2v) is 3.68. The number of carbonyl (C=O) groups excluding carboxylic acids is 1. The van der Waals surface area contributed by atoms with Crippen molar-refractivity contribution in [3.8, 4) is 0 Å². The Bertz CT molecular complexity index is 181. The first kappa shape index (κ1) is 12.3. The standard InChI is InChI=1S/C8H14O4S/c1-3-4-8(12-6(2)9)13-5-7(10)11/h8H,3-5H2,1-2H3,(H,10,11). The number of carboxylic acids is 1. The van der Waals surface area contributed by atoms with Crippen molar-refractivity contribution < 1.29 is 19.4 Å². The van der Waals surface area contributed by atoms with Crippen molar-refractivity contribution in [2.75, 3.05) is 5.75 Å². The maximum absolute atomic E-state index is 10.6. The second-order valence-electron chi connectivity index (χ2n) is 2.53. The number of hydrogen-bond donors (Lipinski definition) is 1. The molecule has 0 aromatic carbocycles. The summed E-state index contributed by atoms with van der Waals surface area (Å²) in [6.45, 7) is 3.28. The summed E-state index contributed by atoms with van der Waals surface area (Å²) in [5.41, 5.74) is -0.321. The predicted molar refractivity (Wildman–Crippen MR) is 50.6 cm³/mol. The molecule has 0 aliphatic carbocycles. The number of ether oxygens (including phenoxy) is 1. The molecule has 0 bridgehead atoms. The highest BCUT2D eigenvalue weighted by Gasteiger charge is 2.12. The van der Waals surface area contributed by atoms with E-state index in [0.717, 1.165) is 18.2 Å². The molecule has 5 heteroatoms. The van der Waals surface area contributed by atoms with E-state index in [0.29, 0.717) is 6.42 Å². The molecule has 13 heavy (non-hydrogen) atoms. The van der Waals surface area contributed by atoms with Crippen molar-refractivity contribution in [1.29, 1.82) is 0 Å². The van der Waals surface area contributed by atoms with Gasteiger partial charge in [0.15, 0.2) is 0 Å². The summed E-state index contributed by atoms with van der Waals surface area (Å²) in [6, 6.07) is 0. The van der Waals surface area contributed by atoms with Crippen LogP contribution in [0, 0.1) is 0 Å². The van der Waals surface area contributed by atoms with Gasteiger partial charge in [0.25, 0.3) is 0 Å². The largest absolute Gasteiger partial charge is 0.481 e. The highest BCUT2D eigenvalue weighted by molar-refractivity contribution is 8.00. The zero-order valence-corrected chi connectivity index (χ0v) is 8.60. The number of rotatable bonds is 6. The first-order chi connectivity index (χ1) is 6.06. The third-order valence-corrected chi connectivity index (χ3v) is 2.33. The van der Waals surface area contributed by atoms with Crippen LogP contribution in [0.1, 0.15) is 26.7 Å². The molecule has 0 fully saturated rings. The smallest absolute Gasteiger partial charge is 0.313 e. The van der Waals surface area contributed by atoms with Crippen LogP contribution < -0.4 is 0 Å². The SMILES string of the molecule is CCCC(OC(C)=O)SCC(=O)O. The van der Waals surface area contributed by atoms with Crippen molar-refractivity contribution in [1.82, 2.24) is 0 Å². The molecule has 0 rings (SSSR count). The van der Waals surface area contributed by atoms with Gasteiger partial charge >= 0.3 is 11.9 Å². The molecule has 0 radical (unpaired) electrons. The van der Waals surface area contributed by atoms with E-state index in [2.05, 4.69) is 0 Å². The molecule has 4 nitrogen and oxygen atoms in total. The monoisotopic (exact) mass is 206 g/mol. The topological polar surface area (TPSA) is 63.6 Å². The van der Waals surface area contributed by atoms with Crippen LogP contribution in [0.15, 0.2) is 0 Å². The normalized spacial score (nSPS) is 12.2. The van der Waals surface area contributed by atoms with Crippen molar-refractivity contribution in [3.63, 3.8) is 0 Å². The lowest BCUT2D eigenvalue weighted by Gasteiger charge is -2.14. The van der Waals surface area contributed by atoms with E-state index in [4.69, 9.17) is 9.84 Å². The fourth-order valence-corrected chi connectivity index (χ4v) is 1.70. The molecule has 0 spiro atoms. The summed E-state index contributed by atoms with van der Waals surface area (Å²) in [5, 5.41) is 8.40. The number of thioether (sulfide) groups is 1. The molecule has 0 heterocycles. The van der Waals surface area contributed by atoms with Gasteiger partial charge < -0.3 is 9.84 Å². The zero-order valence-electron chi connectivity index (χ0n) is 7.78. The zero-order chi connectivity index (χ0) is 10.3. The summed E-state index contributed by atoms with van der Waals surface area (Å²) < 4.78 is 4.90. The molecule has 0 aromatic heterocycles. The van der Waals surface area contributed by atoms with Crippen molar-refractivity contribution >= 4 is 23.7 Å². The van der Waals surface area contributed by atoms with Crippen molar-refractivity contribution in [2.45, 2.75) is 32.1 Å². The second kappa shape index (κ2) is 6.77. The average Bonchev–Trinajstić information content (AvgIpc) is 1.99. The van der Waals surface area contributed by atoms with Gasteiger partial charge in [0.1, 0.15) is 5.44 Å². The van der Waals surface area contributed by atoms with Crippen LogP contribution in [0.2, 0.25) is 0 Å². The molecule has 0 aliphatic heterocycles. The Morgan fingerprint density at radius 1 is 1.54 bits per heavy atom. The van der Waals surface area contributed by atoms with Crippen molar-refractivity contribution in [3.05, 3.63) is 0 Å². The van der Waals surface area contributed by atoms with Crippen LogP contribution >= 0.6 is 11.8 Å². The van der Waals surface area contributed by atoms with Gasteiger partial charge in [-0.2, -0.15) is 0 Å². The summed E-state index contributed by atoms with van der Waals surface area (Å²) >= 11 is 1.14. The Kier molecular flexibility index (Phi) is 6.40. The van der Waals surface area contributed by atoms with E-state index < -0.39 is 5.97 Å². The first-order valence-electron chi connectivity index (χ1n) is 4.06. The molecule has 0 saturated heterocycles. The highest BCUT2D eigenvalue weighted by Crippen LogP contribution is 2.17. The van der Waals surface area contributed by atoms with Crippen LogP contribution in [-0.4, -0.2) is 28.2 Å². The lowest BCUT2D eigenvalue weighted by atomic mass is 10.4. The van der Waals surface area contributed by atoms with E-state index in [9.17, 15) is 9.59 Å². The van der Waals surface area contributed by atoms with E-state index in [1.165, 1.54) is 6.92 Å². The number of carboxylic acid groups (broad SMARTS) is 1. The summed E-state index contributed by atoms with van der Waals surface area (Å²) in [7, 11) is 0. The number of hydrogen-bond acceptors (Lipinski definition) is 4. The quantitative estimate of drug-likeness (QED) is 0.527. The van der Waals surface area contributed by atoms with E-state index in [1.54, 1.807) is 0 Å². The maximum atomic E-state index is 10.6. The van der Waals surface area contributed by atoms with E-state index in [-0.39, 0.29) is 17.2 Å². The number of aliphatic carboxylic acids is 1. The summed E-state index contributed by atoms with van der Waals surface area (Å²) in [5.74, 6) is -1.28. The van der Waals surface area contributed by atoms with Gasteiger partial charge in [-0.15, -0.1) is 11.8 Å². The molecule has 76 valence electrons. The fourth-order valence-electron chi connectivity index (χ4n) is 0.761. The molecule has 1 unspecified atom stereocenters. The van der Waals surface area contributed by atoms with Gasteiger partial charge in [0.2, 0.25) is 0 Å². The first-order valence-corrected chi connectivity index (χ1v) is 5.11. The average molecular weight is 206 g/mol. The maximum Gasteiger partial charge on any atom is 0.313 e. The van der Waals surface area contributed by atoms with Gasteiger partial charge in [-0.25, -0.2) is 0 Å². The van der Waals surface area contributed by atoms with Crippen LogP contribution in [-0.2, 0) is 14.3 Å². The lowest BCUT2D eigenvalue weighted by molar-refractivity contribution is -0.142. The van der Waals surface area contributed by atoms with Gasteiger partial charge in [0, 0.05) is 6.92 Å². The third kappa shape index (κ3) is 7.64.